The zero-order chi connectivity index (χ0) is 14.1. The van der Waals surface area contributed by atoms with Gasteiger partial charge in [0.2, 0.25) is 0 Å². The predicted octanol–water partition coefficient (Wildman–Crippen LogP) is 1.99. The maximum atomic E-state index is 5.96. The van der Waals surface area contributed by atoms with Crippen LogP contribution in [0.15, 0.2) is 18.5 Å². The van der Waals surface area contributed by atoms with Gasteiger partial charge in [0.05, 0.1) is 0 Å². The first-order valence-electron chi connectivity index (χ1n) is 7.51. The molecule has 2 heterocycles. The summed E-state index contributed by atoms with van der Waals surface area (Å²) in [6, 6.07) is 4.80. The van der Waals surface area contributed by atoms with Gasteiger partial charge in [0.25, 0.3) is 0 Å². The zero-order valence-corrected chi connectivity index (χ0v) is 12.3. The molecular weight excluding hydrogens is 250 g/mol. The van der Waals surface area contributed by atoms with Gasteiger partial charge < -0.3 is 10.6 Å². The summed E-state index contributed by atoms with van der Waals surface area (Å²) in [5, 5.41) is 4.38. The number of nitrogens with two attached hydrogens (primary N) is 1. The van der Waals surface area contributed by atoms with Crippen LogP contribution >= 0.6 is 0 Å². The Balaban J connectivity index is 2.04. The Morgan fingerprint density at radius 1 is 1.40 bits per heavy atom. The molecule has 1 fully saturated rings. The smallest absolute Gasteiger partial charge is 0.157 e. The standard InChI is InChI=1S/C15H23N5/c1-3-19(13-6-4-5-12(13)9-16)15-8-11(2)7-14-17-10-18-20(14)15/h7-8,10,12-13H,3-6,9,16H2,1-2H3. The van der Waals surface area contributed by atoms with Crippen molar-refractivity contribution in [3.63, 3.8) is 0 Å². The second-order valence-corrected chi connectivity index (χ2v) is 5.70. The van der Waals surface area contributed by atoms with Gasteiger partial charge in [0.15, 0.2) is 5.65 Å². The average Bonchev–Trinajstić information content (AvgIpc) is 3.07. The van der Waals surface area contributed by atoms with E-state index in [1.54, 1.807) is 6.33 Å². The van der Waals surface area contributed by atoms with Crippen LogP contribution in [0, 0.1) is 12.8 Å². The van der Waals surface area contributed by atoms with Crippen molar-refractivity contribution < 1.29 is 0 Å². The minimum Gasteiger partial charge on any atom is -0.353 e. The van der Waals surface area contributed by atoms with E-state index in [9.17, 15) is 0 Å². The number of hydrogen-bond donors (Lipinski definition) is 1. The Morgan fingerprint density at radius 2 is 2.25 bits per heavy atom. The summed E-state index contributed by atoms with van der Waals surface area (Å²) in [4.78, 5) is 6.78. The highest BCUT2D eigenvalue weighted by Crippen LogP contribution is 2.32. The molecule has 108 valence electrons. The lowest BCUT2D eigenvalue weighted by molar-refractivity contribution is 0.457. The quantitative estimate of drug-likeness (QED) is 0.925. The summed E-state index contributed by atoms with van der Waals surface area (Å²) in [6.45, 7) is 6.06. The Bertz CT molecular complexity index is 591. The summed E-state index contributed by atoms with van der Waals surface area (Å²) in [7, 11) is 0. The maximum Gasteiger partial charge on any atom is 0.157 e. The van der Waals surface area contributed by atoms with Crippen molar-refractivity contribution >= 4 is 11.5 Å². The maximum absolute atomic E-state index is 5.96. The Kier molecular flexibility index (Phi) is 3.61. The van der Waals surface area contributed by atoms with E-state index < -0.39 is 0 Å². The van der Waals surface area contributed by atoms with E-state index >= 15 is 0 Å². The highest BCUT2D eigenvalue weighted by Gasteiger charge is 2.31. The Hall–Kier alpha value is -1.62. The van der Waals surface area contributed by atoms with Gasteiger partial charge in [0, 0.05) is 12.6 Å². The number of aryl methyl sites for hydroxylation is 1. The van der Waals surface area contributed by atoms with Gasteiger partial charge in [0.1, 0.15) is 12.1 Å². The van der Waals surface area contributed by atoms with Gasteiger partial charge in [-0.05, 0) is 56.8 Å². The molecule has 2 unspecified atom stereocenters. The van der Waals surface area contributed by atoms with Crippen molar-refractivity contribution in [3.05, 3.63) is 24.0 Å². The van der Waals surface area contributed by atoms with E-state index in [0.717, 1.165) is 24.6 Å². The number of anilines is 1. The summed E-state index contributed by atoms with van der Waals surface area (Å²) >= 11 is 0. The minimum absolute atomic E-state index is 0.527. The first-order chi connectivity index (χ1) is 9.74. The molecule has 0 bridgehead atoms. The van der Waals surface area contributed by atoms with Crippen LogP contribution in [0.3, 0.4) is 0 Å². The van der Waals surface area contributed by atoms with Gasteiger partial charge in [-0.25, -0.2) is 4.98 Å². The molecule has 3 rings (SSSR count). The van der Waals surface area contributed by atoms with E-state index in [-0.39, 0.29) is 0 Å². The average molecular weight is 273 g/mol. The van der Waals surface area contributed by atoms with Crippen LogP contribution in [0.1, 0.15) is 31.7 Å². The van der Waals surface area contributed by atoms with Crippen molar-refractivity contribution in [2.24, 2.45) is 11.7 Å². The first-order valence-corrected chi connectivity index (χ1v) is 7.51. The Labute approximate surface area is 119 Å². The van der Waals surface area contributed by atoms with Crippen molar-refractivity contribution in [2.75, 3.05) is 18.0 Å². The zero-order valence-electron chi connectivity index (χ0n) is 12.3. The van der Waals surface area contributed by atoms with Crippen LogP contribution in [-0.4, -0.2) is 33.7 Å². The van der Waals surface area contributed by atoms with E-state index in [0.29, 0.717) is 12.0 Å². The SMILES string of the molecule is CCN(c1cc(C)cc2ncnn12)C1CCCC1CN. The molecule has 0 saturated heterocycles. The second kappa shape index (κ2) is 5.40. The lowest BCUT2D eigenvalue weighted by Gasteiger charge is -2.33. The van der Waals surface area contributed by atoms with E-state index in [4.69, 9.17) is 5.73 Å². The van der Waals surface area contributed by atoms with Gasteiger partial charge in [-0.2, -0.15) is 9.61 Å². The molecular formula is C15H23N5. The third kappa shape index (κ3) is 2.16. The Morgan fingerprint density at radius 3 is 3.00 bits per heavy atom. The fourth-order valence-corrected chi connectivity index (χ4v) is 3.51. The van der Waals surface area contributed by atoms with Gasteiger partial charge in [-0.15, -0.1) is 0 Å². The topological polar surface area (TPSA) is 59.5 Å². The van der Waals surface area contributed by atoms with E-state index in [2.05, 4.69) is 41.0 Å². The first kappa shape index (κ1) is 13.4. The van der Waals surface area contributed by atoms with Gasteiger partial charge >= 0.3 is 0 Å². The molecule has 2 N–H and O–H groups in total. The predicted molar refractivity (Wildman–Crippen MR) is 80.9 cm³/mol. The highest BCUT2D eigenvalue weighted by atomic mass is 15.4. The molecule has 0 aromatic carbocycles. The fourth-order valence-electron chi connectivity index (χ4n) is 3.51. The van der Waals surface area contributed by atoms with Crippen molar-refractivity contribution in [1.82, 2.24) is 14.6 Å². The molecule has 1 aliphatic carbocycles. The van der Waals surface area contributed by atoms with Crippen LogP contribution in [0.4, 0.5) is 5.82 Å². The van der Waals surface area contributed by atoms with Crippen LogP contribution in [0.25, 0.3) is 5.65 Å². The molecule has 5 nitrogen and oxygen atoms in total. The van der Waals surface area contributed by atoms with Crippen molar-refractivity contribution in [2.45, 2.75) is 39.2 Å². The van der Waals surface area contributed by atoms with Gasteiger partial charge in [-0.3, -0.25) is 0 Å². The number of pyridine rings is 1. The third-order valence-corrected chi connectivity index (χ3v) is 4.46. The normalized spacial score (nSPS) is 22.6. The molecule has 2 aromatic heterocycles. The molecule has 1 aliphatic rings. The molecule has 2 aromatic rings. The molecule has 0 spiro atoms. The molecule has 0 aliphatic heterocycles. The lowest BCUT2D eigenvalue weighted by atomic mass is 10.0. The van der Waals surface area contributed by atoms with E-state index in [1.807, 2.05) is 4.52 Å². The number of nitrogens with zero attached hydrogens (tertiary/aromatic N) is 4. The van der Waals surface area contributed by atoms with E-state index in [1.165, 1.54) is 24.8 Å². The van der Waals surface area contributed by atoms with Crippen molar-refractivity contribution in [3.8, 4) is 0 Å². The molecule has 20 heavy (non-hydrogen) atoms. The number of fused-ring (bicyclic) bond motifs is 1. The summed E-state index contributed by atoms with van der Waals surface area (Å²) in [6.07, 6.45) is 5.36. The van der Waals surface area contributed by atoms with Crippen molar-refractivity contribution in [1.29, 1.82) is 0 Å². The molecule has 2 atom stereocenters. The number of aromatic nitrogens is 3. The second-order valence-electron chi connectivity index (χ2n) is 5.70. The third-order valence-electron chi connectivity index (χ3n) is 4.46. The minimum atomic E-state index is 0.527. The number of rotatable bonds is 4. The monoisotopic (exact) mass is 273 g/mol. The van der Waals surface area contributed by atoms with Gasteiger partial charge in [-0.1, -0.05) is 6.42 Å². The van der Waals surface area contributed by atoms with Crippen LogP contribution in [0.5, 0.6) is 0 Å². The summed E-state index contributed by atoms with van der Waals surface area (Å²) < 4.78 is 1.95. The largest absolute Gasteiger partial charge is 0.353 e. The van der Waals surface area contributed by atoms with Crippen LogP contribution in [-0.2, 0) is 0 Å². The van der Waals surface area contributed by atoms with Crippen LogP contribution < -0.4 is 10.6 Å². The highest BCUT2D eigenvalue weighted by molar-refractivity contribution is 5.53. The molecule has 5 heteroatoms. The molecule has 1 saturated carbocycles. The summed E-state index contributed by atoms with van der Waals surface area (Å²) in [5.41, 5.74) is 8.10. The fraction of sp³-hybridized carbons (Fsp3) is 0.600. The van der Waals surface area contributed by atoms with Crippen LogP contribution in [0.2, 0.25) is 0 Å². The lowest BCUT2D eigenvalue weighted by Crippen LogP contribution is -2.41. The molecule has 0 radical (unpaired) electrons. The summed E-state index contributed by atoms with van der Waals surface area (Å²) in [5.74, 6) is 1.74. The number of hydrogen-bond acceptors (Lipinski definition) is 4. The molecule has 0 amide bonds.